The van der Waals surface area contributed by atoms with Crippen molar-refractivity contribution in [1.29, 1.82) is 0 Å². The van der Waals surface area contributed by atoms with E-state index in [1.807, 2.05) is 32.9 Å². The van der Waals surface area contributed by atoms with Gasteiger partial charge in [-0.15, -0.1) is 24.8 Å². The summed E-state index contributed by atoms with van der Waals surface area (Å²) in [6, 6.07) is 3.77. The summed E-state index contributed by atoms with van der Waals surface area (Å²) < 4.78 is 5.63. The Morgan fingerprint density at radius 1 is 1.50 bits per heavy atom. The minimum atomic E-state index is -0.866. The van der Waals surface area contributed by atoms with E-state index in [0.29, 0.717) is 19.6 Å². The third-order valence-electron chi connectivity index (χ3n) is 4.41. The first-order chi connectivity index (χ1) is 9.41. The number of aromatic nitrogens is 1. The van der Waals surface area contributed by atoms with E-state index in [0.717, 1.165) is 5.56 Å². The molecule has 0 aliphatic heterocycles. The lowest BCUT2D eigenvalue weighted by Gasteiger charge is -2.57. The van der Waals surface area contributed by atoms with Gasteiger partial charge in [0.15, 0.2) is 0 Å². The monoisotopic (exact) mass is 349 g/mol. The molecule has 0 spiro atoms. The van der Waals surface area contributed by atoms with Crippen LogP contribution in [0.25, 0.3) is 0 Å². The van der Waals surface area contributed by atoms with Gasteiger partial charge in [-0.05, 0) is 18.6 Å². The molecule has 7 heteroatoms. The normalized spacial score (nSPS) is 25.2. The summed E-state index contributed by atoms with van der Waals surface area (Å²) in [6.45, 7) is 7.01. The Morgan fingerprint density at radius 3 is 2.68 bits per heavy atom. The number of carbonyl (C=O) groups is 1. The molecule has 5 nitrogen and oxygen atoms in total. The number of rotatable bonds is 5. The van der Waals surface area contributed by atoms with E-state index in [2.05, 4.69) is 10.3 Å². The summed E-state index contributed by atoms with van der Waals surface area (Å²) in [5.74, 6) is -0.123. The van der Waals surface area contributed by atoms with E-state index in [1.165, 1.54) is 0 Å². The number of nitrogens with two attached hydrogens (primary N) is 1. The Bertz CT molecular complexity index is 485. The molecule has 0 aromatic carbocycles. The van der Waals surface area contributed by atoms with Crippen LogP contribution in [-0.2, 0) is 16.1 Å². The number of hydrogen-bond donors (Lipinski definition) is 2. The molecule has 1 aromatic rings. The Labute approximate surface area is 144 Å². The van der Waals surface area contributed by atoms with Crippen LogP contribution in [0.1, 0.15) is 32.8 Å². The van der Waals surface area contributed by atoms with Crippen molar-refractivity contribution in [2.45, 2.75) is 45.4 Å². The zero-order chi connectivity index (χ0) is 14.8. The van der Waals surface area contributed by atoms with Gasteiger partial charge in [0.1, 0.15) is 5.54 Å². The topological polar surface area (TPSA) is 77.2 Å². The van der Waals surface area contributed by atoms with Crippen LogP contribution in [0.2, 0.25) is 0 Å². The van der Waals surface area contributed by atoms with E-state index in [1.54, 1.807) is 12.4 Å². The minimum Gasteiger partial charge on any atom is -0.378 e. The zero-order valence-electron chi connectivity index (χ0n) is 13.2. The van der Waals surface area contributed by atoms with Crippen LogP contribution in [0.5, 0.6) is 0 Å². The van der Waals surface area contributed by atoms with Gasteiger partial charge in [0, 0.05) is 37.4 Å². The predicted octanol–water partition coefficient (Wildman–Crippen LogP) is 2.07. The average molecular weight is 350 g/mol. The molecule has 1 fully saturated rings. The fraction of sp³-hybridized carbons (Fsp3) is 0.600. The largest absolute Gasteiger partial charge is 0.378 e. The van der Waals surface area contributed by atoms with Gasteiger partial charge < -0.3 is 15.8 Å². The lowest BCUT2D eigenvalue weighted by molar-refractivity contribution is -0.170. The van der Waals surface area contributed by atoms with Gasteiger partial charge >= 0.3 is 0 Å². The third kappa shape index (κ3) is 3.71. The molecule has 1 saturated carbocycles. The number of hydrogen-bond acceptors (Lipinski definition) is 4. The Balaban J connectivity index is 0.00000220. The van der Waals surface area contributed by atoms with Crippen molar-refractivity contribution < 1.29 is 9.53 Å². The summed E-state index contributed by atoms with van der Waals surface area (Å²) >= 11 is 0. The number of ether oxygens (including phenoxy) is 1. The molecule has 1 amide bonds. The second-order valence-corrected chi connectivity index (χ2v) is 5.89. The number of amides is 1. The van der Waals surface area contributed by atoms with E-state index in [-0.39, 0.29) is 42.2 Å². The molecule has 2 rings (SSSR count). The van der Waals surface area contributed by atoms with Gasteiger partial charge in [0.05, 0.1) is 6.10 Å². The van der Waals surface area contributed by atoms with Crippen LogP contribution < -0.4 is 11.1 Å². The molecule has 1 aliphatic rings. The van der Waals surface area contributed by atoms with Crippen molar-refractivity contribution in [3.8, 4) is 0 Å². The first kappa shape index (κ1) is 21.1. The maximum Gasteiger partial charge on any atom is 0.241 e. The standard InChI is InChI=1S/C15H23N3O2.2ClH/c1-4-20-12-8-15(16,14(12,2)3)13(19)18-10-11-6-5-7-17-9-11;;/h5-7,9,12H,4,8,10,16H2,1-3H3,(H,18,19);2*1H. The van der Waals surface area contributed by atoms with E-state index >= 15 is 0 Å². The molecule has 0 saturated heterocycles. The van der Waals surface area contributed by atoms with Crippen molar-refractivity contribution >= 4 is 30.7 Å². The van der Waals surface area contributed by atoms with Crippen LogP contribution in [0.3, 0.4) is 0 Å². The van der Waals surface area contributed by atoms with Crippen LogP contribution in [0.15, 0.2) is 24.5 Å². The van der Waals surface area contributed by atoms with Gasteiger partial charge in [-0.2, -0.15) is 0 Å². The van der Waals surface area contributed by atoms with Crippen LogP contribution >= 0.6 is 24.8 Å². The smallest absolute Gasteiger partial charge is 0.241 e. The van der Waals surface area contributed by atoms with Crippen molar-refractivity contribution in [3.05, 3.63) is 30.1 Å². The highest BCUT2D eigenvalue weighted by Crippen LogP contribution is 2.49. The van der Waals surface area contributed by atoms with Crippen LogP contribution in [0, 0.1) is 5.41 Å². The predicted molar refractivity (Wildman–Crippen MR) is 91.3 cm³/mol. The van der Waals surface area contributed by atoms with Crippen LogP contribution in [-0.4, -0.2) is 29.1 Å². The molecule has 22 heavy (non-hydrogen) atoms. The van der Waals surface area contributed by atoms with E-state index in [4.69, 9.17) is 10.5 Å². The molecular formula is C15H25Cl2N3O2. The van der Waals surface area contributed by atoms with Crippen molar-refractivity contribution in [2.75, 3.05) is 6.61 Å². The maximum atomic E-state index is 12.4. The first-order valence-electron chi connectivity index (χ1n) is 6.99. The van der Waals surface area contributed by atoms with Gasteiger partial charge in [-0.1, -0.05) is 19.9 Å². The second-order valence-electron chi connectivity index (χ2n) is 5.89. The summed E-state index contributed by atoms with van der Waals surface area (Å²) in [6.07, 6.45) is 4.05. The average Bonchev–Trinajstić information content (AvgIpc) is 2.45. The molecule has 1 heterocycles. The number of nitrogens with zero attached hydrogens (tertiary/aromatic N) is 1. The Morgan fingerprint density at radius 2 is 2.18 bits per heavy atom. The number of nitrogens with one attached hydrogen (secondary N) is 1. The van der Waals surface area contributed by atoms with Gasteiger partial charge in [0.25, 0.3) is 0 Å². The molecule has 1 aromatic heterocycles. The maximum absolute atomic E-state index is 12.4. The molecule has 126 valence electrons. The SMILES string of the molecule is CCOC1CC(N)(C(=O)NCc2cccnc2)C1(C)C.Cl.Cl. The molecular weight excluding hydrogens is 325 g/mol. The van der Waals surface area contributed by atoms with Crippen molar-refractivity contribution in [3.63, 3.8) is 0 Å². The molecule has 2 unspecified atom stereocenters. The van der Waals surface area contributed by atoms with Gasteiger partial charge in [-0.3, -0.25) is 9.78 Å². The van der Waals surface area contributed by atoms with Gasteiger partial charge in [0.2, 0.25) is 5.91 Å². The van der Waals surface area contributed by atoms with E-state index in [9.17, 15) is 4.79 Å². The summed E-state index contributed by atoms with van der Waals surface area (Å²) in [5, 5.41) is 2.90. The molecule has 0 radical (unpaired) electrons. The zero-order valence-corrected chi connectivity index (χ0v) is 14.8. The highest BCUT2D eigenvalue weighted by molar-refractivity contribution is 5.88. The molecule has 1 aliphatic carbocycles. The lowest BCUT2D eigenvalue weighted by atomic mass is 9.54. The summed E-state index contributed by atoms with van der Waals surface area (Å²) in [4.78, 5) is 16.4. The molecule has 2 atom stereocenters. The third-order valence-corrected chi connectivity index (χ3v) is 4.41. The van der Waals surface area contributed by atoms with Gasteiger partial charge in [-0.25, -0.2) is 0 Å². The summed E-state index contributed by atoms with van der Waals surface area (Å²) in [7, 11) is 0. The van der Waals surface area contributed by atoms with Crippen molar-refractivity contribution in [1.82, 2.24) is 10.3 Å². The fourth-order valence-corrected chi connectivity index (χ4v) is 2.66. The lowest BCUT2D eigenvalue weighted by Crippen LogP contribution is -2.75. The first-order valence-corrected chi connectivity index (χ1v) is 6.99. The quantitative estimate of drug-likeness (QED) is 0.852. The van der Waals surface area contributed by atoms with Crippen molar-refractivity contribution in [2.24, 2.45) is 11.1 Å². The number of carbonyl (C=O) groups excluding carboxylic acids is 1. The molecule has 0 bridgehead atoms. The Kier molecular flexibility index (Phi) is 7.78. The summed E-state index contributed by atoms with van der Waals surface area (Å²) in [5.41, 5.74) is 6.04. The number of pyridine rings is 1. The van der Waals surface area contributed by atoms with Crippen LogP contribution in [0.4, 0.5) is 0 Å². The highest BCUT2D eigenvalue weighted by atomic mass is 35.5. The van der Waals surface area contributed by atoms with E-state index < -0.39 is 5.54 Å². The highest BCUT2D eigenvalue weighted by Gasteiger charge is 2.62. The minimum absolute atomic E-state index is 0. The molecule has 3 N–H and O–H groups in total. The fourth-order valence-electron chi connectivity index (χ4n) is 2.66. The second kappa shape index (κ2) is 8.11. The Hall–Kier alpha value is -0.880. The number of halogens is 2.